The van der Waals surface area contributed by atoms with Crippen molar-refractivity contribution in [3.8, 4) is 17.6 Å². The van der Waals surface area contributed by atoms with E-state index in [-0.39, 0.29) is 6.04 Å². The molecule has 0 heterocycles. The summed E-state index contributed by atoms with van der Waals surface area (Å²) in [4.78, 5) is 0. The van der Waals surface area contributed by atoms with Crippen molar-refractivity contribution in [2.45, 2.75) is 19.6 Å². The summed E-state index contributed by atoms with van der Waals surface area (Å²) in [6, 6.07) is 15.1. The van der Waals surface area contributed by atoms with Crippen molar-refractivity contribution in [1.82, 2.24) is 0 Å². The quantitative estimate of drug-likeness (QED) is 0.914. The number of benzene rings is 2. The molecular formula is C17H18N2O2. The third-order valence-electron chi connectivity index (χ3n) is 3.19. The lowest BCUT2D eigenvalue weighted by molar-refractivity contribution is 0.301. The van der Waals surface area contributed by atoms with E-state index in [0.717, 1.165) is 16.9 Å². The molecular weight excluding hydrogens is 264 g/mol. The Kier molecular flexibility index (Phi) is 4.81. The fraction of sp³-hybridized carbons (Fsp3) is 0.235. The van der Waals surface area contributed by atoms with Crippen LogP contribution in [0.15, 0.2) is 42.5 Å². The highest BCUT2D eigenvalue weighted by molar-refractivity contribution is 5.45. The van der Waals surface area contributed by atoms with Gasteiger partial charge in [-0.05, 0) is 30.7 Å². The number of methoxy groups -OCH3 is 1. The van der Waals surface area contributed by atoms with E-state index in [9.17, 15) is 0 Å². The number of para-hydroxylation sites is 1. The molecule has 2 rings (SSSR count). The van der Waals surface area contributed by atoms with Crippen LogP contribution < -0.4 is 15.2 Å². The zero-order valence-electron chi connectivity index (χ0n) is 12.2. The molecule has 0 radical (unpaired) electrons. The largest absolute Gasteiger partial charge is 0.495 e. The Labute approximate surface area is 124 Å². The Morgan fingerprint density at radius 3 is 2.62 bits per heavy atom. The maximum absolute atomic E-state index is 9.09. The summed E-state index contributed by atoms with van der Waals surface area (Å²) in [5.74, 6) is 1.33. The molecule has 0 fully saturated rings. The van der Waals surface area contributed by atoms with Crippen LogP contribution in [0.2, 0.25) is 0 Å². The van der Waals surface area contributed by atoms with E-state index < -0.39 is 0 Å². The first-order chi connectivity index (χ1) is 10.2. The van der Waals surface area contributed by atoms with Gasteiger partial charge in [-0.1, -0.05) is 24.3 Å². The van der Waals surface area contributed by atoms with Gasteiger partial charge in [-0.2, -0.15) is 5.26 Å². The minimum Gasteiger partial charge on any atom is -0.495 e. The second-order valence-electron chi connectivity index (χ2n) is 4.76. The van der Waals surface area contributed by atoms with Crippen LogP contribution in [0.1, 0.15) is 29.7 Å². The molecule has 0 unspecified atom stereocenters. The number of nitrogens with two attached hydrogens (primary N) is 1. The van der Waals surface area contributed by atoms with E-state index in [1.807, 2.05) is 37.3 Å². The van der Waals surface area contributed by atoms with Gasteiger partial charge in [0, 0.05) is 11.6 Å². The maximum atomic E-state index is 9.09. The maximum Gasteiger partial charge on any atom is 0.136 e. The number of hydrogen-bond donors (Lipinski definition) is 1. The van der Waals surface area contributed by atoms with E-state index in [4.69, 9.17) is 20.5 Å². The van der Waals surface area contributed by atoms with Crippen molar-refractivity contribution in [3.63, 3.8) is 0 Å². The molecule has 0 aliphatic carbocycles. The Morgan fingerprint density at radius 1 is 1.19 bits per heavy atom. The molecule has 0 aliphatic rings. The minimum atomic E-state index is -0.0910. The topological polar surface area (TPSA) is 68.3 Å². The lowest BCUT2D eigenvalue weighted by Gasteiger charge is -2.14. The molecule has 0 aliphatic heterocycles. The lowest BCUT2D eigenvalue weighted by atomic mass is 10.1. The summed E-state index contributed by atoms with van der Waals surface area (Å²) in [5.41, 5.74) is 8.30. The summed E-state index contributed by atoms with van der Waals surface area (Å²) in [6.45, 7) is 2.30. The zero-order chi connectivity index (χ0) is 15.2. The average molecular weight is 282 g/mol. The number of ether oxygens (including phenoxy) is 2. The van der Waals surface area contributed by atoms with Crippen molar-refractivity contribution in [2.24, 2.45) is 5.73 Å². The van der Waals surface area contributed by atoms with Gasteiger partial charge in [0.05, 0.1) is 12.7 Å². The minimum absolute atomic E-state index is 0.0910. The van der Waals surface area contributed by atoms with E-state index in [2.05, 4.69) is 6.07 Å². The monoisotopic (exact) mass is 282 g/mol. The molecule has 4 nitrogen and oxygen atoms in total. The zero-order valence-corrected chi connectivity index (χ0v) is 12.2. The number of hydrogen-bond acceptors (Lipinski definition) is 4. The van der Waals surface area contributed by atoms with Crippen LogP contribution in [0.5, 0.6) is 11.5 Å². The predicted molar refractivity (Wildman–Crippen MR) is 81.1 cm³/mol. The van der Waals surface area contributed by atoms with E-state index in [1.165, 1.54) is 0 Å². The average Bonchev–Trinajstić information content (AvgIpc) is 2.52. The van der Waals surface area contributed by atoms with E-state index in [0.29, 0.717) is 17.9 Å². The highest BCUT2D eigenvalue weighted by atomic mass is 16.5. The molecule has 2 aromatic rings. The number of rotatable bonds is 5. The summed E-state index contributed by atoms with van der Waals surface area (Å²) in [5, 5.41) is 9.09. The van der Waals surface area contributed by atoms with Gasteiger partial charge < -0.3 is 15.2 Å². The molecule has 108 valence electrons. The van der Waals surface area contributed by atoms with Crippen molar-refractivity contribution in [2.75, 3.05) is 7.11 Å². The van der Waals surface area contributed by atoms with Gasteiger partial charge in [-0.25, -0.2) is 0 Å². The summed E-state index contributed by atoms with van der Waals surface area (Å²) < 4.78 is 11.0. The number of nitriles is 1. The van der Waals surface area contributed by atoms with Crippen molar-refractivity contribution in [1.29, 1.82) is 5.26 Å². The first kappa shape index (κ1) is 14.9. The molecule has 0 aromatic heterocycles. The van der Waals surface area contributed by atoms with Crippen LogP contribution in [0.25, 0.3) is 0 Å². The van der Waals surface area contributed by atoms with E-state index in [1.54, 1.807) is 19.2 Å². The normalized spacial score (nSPS) is 11.5. The third kappa shape index (κ3) is 3.53. The Bertz CT molecular complexity index is 660. The van der Waals surface area contributed by atoms with Gasteiger partial charge in [0.15, 0.2) is 0 Å². The summed E-state index contributed by atoms with van der Waals surface area (Å²) in [6.07, 6.45) is 0. The first-order valence-corrected chi connectivity index (χ1v) is 6.70. The highest BCUT2D eigenvalue weighted by Crippen LogP contribution is 2.25. The molecule has 2 N–H and O–H groups in total. The molecule has 21 heavy (non-hydrogen) atoms. The third-order valence-corrected chi connectivity index (χ3v) is 3.19. The Balaban J connectivity index is 2.16. The Hall–Kier alpha value is -2.51. The van der Waals surface area contributed by atoms with Crippen molar-refractivity contribution in [3.05, 3.63) is 59.2 Å². The van der Waals surface area contributed by atoms with Crippen molar-refractivity contribution < 1.29 is 9.47 Å². The SMILES string of the molecule is COc1ccc(COc2ccccc2[C@@H](C)N)cc1C#N. The second-order valence-corrected chi connectivity index (χ2v) is 4.76. The molecule has 0 bridgehead atoms. The van der Waals surface area contributed by atoms with Crippen LogP contribution in [0.3, 0.4) is 0 Å². The molecule has 0 saturated heterocycles. The molecule has 1 atom stereocenters. The lowest BCUT2D eigenvalue weighted by Crippen LogP contribution is -2.08. The van der Waals surface area contributed by atoms with Gasteiger partial charge in [0.25, 0.3) is 0 Å². The number of nitrogens with zero attached hydrogens (tertiary/aromatic N) is 1. The van der Waals surface area contributed by atoms with Crippen molar-refractivity contribution >= 4 is 0 Å². The smallest absolute Gasteiger partial charge is 0.136 e. The summed E-state index contributed by atoms with van der Waals surface area (Å²) >= 11 is 0. The van der Waals surface area contributed by atoms with Gasteiger partial charge in [-0.15, -0.1) is 0 Å². The molecule has 2 aromatic carbocycles. The summed E-state index contributed by atoms with van der Waals surface area (Å²) in [7, 11) is 1.55. The van der Waals surface area contributed by atoms with Gasteiger partial charge in [0.1, 0.15) is 24.2 Å². The Morgan fingerprint density at radius 2 is 1.95 bits per heavy atom. The highest BCUT2D eigenvalue weighted by Gasteiger charge is 2.08. The molecule has 4 heteroatoms. The van der Waals surface area contributed by atoms with Crippen LogP contribution in [0.4, 0.5) is 0 Å². The standard InChI is InChI=1S/C17H18N2O2/c1-12(19)15-5-3-4-6-17(15)21-11-13-7-8-16(20-2)14(9-13)10-18/h3-9,12H,11,19H2,1-2H3/t12-/m1/s1. The van der Waals surface area contributed by atoms with Crippen LogP contribution in [-0.4, -0.2) is 7.11 Å². The van der Waals surface area contributed by atoms with Gasteiger partial charge in [-0.3, -0.25) is 0 Å². The predicted octanol–water partition coefficient (Wildman–Crippen LogP) is 3.17. The molecule has 0 saturated carbocycles. The fourth-order valence-corrected chi connectivity index (χ4v) is 2.08. The van der Waals surface area contributed by atoms with Crippen LogP contribution in [-0.2, 0) is 6.61 Å². The second kappa shape index (κ2) is 6.78. The fourth-order valence-electron chi connectivity index (χ4n) is 2.08. The van der Waals surface area contributed by atoms with Gasteiger partial charge in [0.2, 0.25) is 0 Å². The van der Waals surface area contributed by atoms with E-state index >= 15 is 0 Å². The van der Waals surface area contributed by atoms with Gasteiger partial charge >= 0.3 is 0 Å². The first-order valence-electron chi connectivity index (χ1n) is 6.70. The van der Waals surface area contributed by atoms with Crippen LogP contribution >= 0.6 is 0 Å². The molecule has 0 spiro atoms. The van der Waals surface area contributed by atoms with Crippen LogP contribution in [0, 0.1) is 11.3 Å². The molecule has 0 amide bonds.